The highest BCUT2D eigenvalue weighted by Crippen LogP contribution is 2.60. The number of fused-ring (bicyclic) bond motifs is 1. The van der Waals surface area contributed by atoms with E-state index in [-0.39, 0.29) is 11.2 Å². The zero-order chi connectivity index (χ0) is 26.4. The summed E-state index contributed by atoms with van der Waals surface area (Å²) in [4.78, 5) is 41.4. The monoisotopic (exact) mass is 560 g/mol. The van der Waals surface area contributed by atoms with Gasteiger partial charge in [-0.05, 0) is 0 Å². The molecule has 0 amide bonds. The Kier molecular flexibility index (Phi) is 7.78. The highest BCUT2D eigenvalue weighted by atomic mass is 31.3. The Morgan fingerprint density at radius 1 is 0.917 bits per heavy atom. The van der Waals surface area contributed by atoms with Gasteiger partial charge in [0.2, 0.25) is 0 Å². The molecule has 2 aromatic rings. The lowest BCUT2D eigenvalue weighted by molar-refractivity contribution is -0.132. The van der Waals surface area contributed by atoms with Crippen LogP contribution in [-0.4, -0.2) is 111 Å². The molecule has 21 heteroatoms. The molecular weight excluding hydrogens is 538 g/mol. The van der Waals surface area contributed by atoms with Gasteiger partial charge in [-0.2, -0.15) is 4.31 Å². The third kappa shape index (κ3) is 5.59. The SMILES string of the molecule is O=c1[nH]cnc2c1ncn2[C@@H]1O[C@H](COP(=O)(O)OP(=O)(O)OC[C@H]2O[C@H](O)[C@H](O)[C@@H]2O)[C@@H](O)[C@H]1O. The van der Waals surface area contributed by atoms with Gasteiger partial charge in [0.05, 0.1) is 25.9 Å². The molecule has 8 N–H and O–H groups in total. The Bertz CT molecular complexity index is 1240. The number of H-pyrrole nitrogens is 1. The number of phosphoric ester groups is 2. The van der Waals surface area contributed by atoms with Gasteiger partial charge >= 0.3 is 15.6 Å². The molecule has 10 atom stereocenters. The number of aromatic nitrogens is 4. The molecule has 2 aliphatic rings. The van der Waals surface area contributed by atoms with Gasteiger partial charge in [-0.3, -0.25) is 18.4 Å². The van der Waals surface area contributed by atoms with Gasteiger partial charge in [0.25, 0.3) is 5.56 Å². The summed E-state index contributed by atoms with van der Waals surface area (Å²) in [6, 6.07) is 0. The number of hydrogen-bond donors (Lipinski definition) is 8. The lowest BCUT2D eigenvalue weighted by atomic mass is 10.1. The number of hydrogen-bond acceptors (Lipinski definition) is 15. The van der Waals surface area contributed by atoms with Crippen LogP contribution in [0, 0.1) is 0 Å². The van der Waals surface area contributed by atoms with Crippen molar-refractivity contribution in [2.24, 2.45) is 0 Å². The molecule has 0 aliphatic carbocycles. The number of nitrogens with zero attached hydrogens (tertiary/aromatic N) is 3. The largest absolute Gasteiger partial charge is 0.481 e. The summed E-state index contributed by atoms with van der Waals surface area (Å²) in [5.41, 5.74) is -0.626. The van der Waals surface area contributed by atoms with Crippen molar-refractivity contribution in [3.05, 3.63) is 23.0 Å². The molecule has 0 bridgehead atoms. The molecule has 36 heavy (non-hydrogen) atoms. The minimum absolute atomic E-state index is 0.0162. The molecule has 2 fully saturated rings. The summed E-state index contributed by atoms with van der Waals surface area (Å²) >= 11 is 0. The van der Waals surface area contributed by atoms with Gasteiger partial charge in [0, 0.05) is 0 Å². The lowest BCUT2D eigenvalue weighted by Gasteiger charge is -2.20. The fraction of sp³-hybridized carbons (Fsp3) is 0.667. The average molecular weight is 560 g/mol. The molecule has 0 spiro atoms. The van der Waals surface area contributed by atoms with Crippen LogP contribution in [0.3, 0.4) is 0 Å². The maximum atomic E-state index is 12.1. The van der Waals surface area contributed by atoms with E-state index in [2.05, 4.69) is 28.3 Å². The van der Waals surface area contributed by atoms with Crippen molar-refractivity contribution in [2.45, 2.75) is 49.1 Å². The van der Waals surface area contributed by atoms with Gasteiger partial charge in [-0.25, -0.2) is 19.1 Å². The summed E-state index contributed by atoms with van der Waals surface area (Å²) < 4.78 is 48.6. The smallest absolute Gasteiger partial charge is 0.387 e. The van der Waals surface area contributed by atoms with E-state index < -0.39 is 83.6 Å². The molecule has 2 unspecified atom stereocenters. The summed E-state index contributed by atoms with van der Waals surface area (Å²) in [7, 11) is -10.6. The zero-order valence-electron chi connectivity index (χ0n) is 17.8. The average Bonchev–Trinajstić information content (AvgIpc) is 3.42. The normalized spacial score (nSPS) is 36.2. The molecule has 2 saturated heterocycles. The van der Waals surface area contributed by atoms with Crippen LogP contribution in [0.15, 0.2) is 17.4 Å². The third-order valence-corrected chi connectivity index (χ3v) is 7.93. The van der Waals surface area contributed by atoms with E-state index >= 15 is 0 Å². The van der Waals surface area contributed by atoms with Crippen molar-refractivity contribution in [2.75, 3.05) is 13.2 Å². The minimum Gasteiger partial charge on any atom is -0.387 e. The minimum atomic E-state index is -5.33. The summed E-state index contributed by atoms with van der Waals surface area (Å²) in [5.74, 6) is 0. The fourth-order valence-corrected chi connectivity index (χ4v) is 5.62. The molecule has 4 heterocycles. The van der Waals surface area contributed by atoms with Crippen LogP contribution < -0.4 is 5.56 Å². The number of phosphoric acid groups is 2. The molecule has 202 valence electrons. The number of imidazole rings is 1. The van der Waals surface area contributed by atoms with Crippen LogP contribution in [-0.2, 0) is 32.0 Å². The van der Waals surface area contributed by atoms with Gasteiger partial charge in [-0.1, -0.05) is 0 Å². The second-order valence-corrected chi connectivity index (χ2v) is 10.8. The number of ether oxygens (including phenoxy) is 2. The van der Waals surface area contributed by atoms with Crippen LogP contribution in [0.1, 0.15) is 6.23 Å². The quantitative estimate of drug-likeness (QED) is 0.138. The molecular formula is C15H22N4O15P2. The summed E-state index contributed by atoms with van der Waals surface area (Å²) in [5, 5.41) is 48.9. The molecule has 0 radical (unpaired) electrons. The van der Waals surface area contributed by atoms with E-state index in [1.165, 1.54) is 0 Å². The second-order valence-electron chi connectivity index (χ2n) is 7.76. The van der Waals surface area contributed by atoms with Gasteiger partial charge in [0.15, 0.2) is 23.7 Å². The molecule has 2 aromatic heterocycles. The Hall–Kier alpha value is -1.67. The van der Waals surface area contributed by atoms with Crippen LogP contribution in [0.4, 0.5) is 0 Å². The summed E-state index contributed by atoms with van der Waals surface area (Å²) in [6.45, 7) is -1.83. The van der Waals surface area contributed by atoms with Crippen molar-refractivity contribution < 1.29 is 67.3 Å². The predicted octanol–water partition coefficient (Wildman–Crippen LogP) is -3.57. The van der Waals surface area contributed by atoms with Crippen LogP contribution in [0.25, 0.3) is 11.2 Å². The van der Waals surface area contributed by atoms with E-state index in [0.717, 1.165) is 17.2 Å². The van der Waals surface area contributed by atoms with Crippen molar-refractivity contribution in [1.29, 1.82) is 0 Å². The molecule has 4 rings (SSSR count). The highest BCUT2D eigenvalue weighted by molar-refractivity contribution is 7.61. The van der Waals surface area contributed by atoms with Crippen LogP contribution >= 0.6 is 15.6 Å². The Balaban J connectivity index is 1.34. The number of nitrogens with one attached hydrogen (secondary N) is 1. The predicted molar refractivity (Wildman–Crippen MR) is 110 cm³/mol. The van der Waals surface area contributed by atoms with E-state index in [9.17, 15) is 49.2 Å². The van der Waals surface area contributed by atoms with Crippen molar-refractivity contribution in [3.63, 3.8) is 0 Å². The van der Waals surface area contributed by atoms with Crippen molar-refractivity contribution >= 4 is 26.8 Å². The molecule has 0 saturated carbocycles. The van der Waals surface area contributed by atoms with Gasteiger partial charge in [0.1, 0.15) is 36.6 Å². The highest BCUT2D eigenvalue weighted by Gasteiger charge is 2.47. The van der Waals surface area contributed by atoms with E-state index in [0.29, 0.717) is 0 Å². The first-order valence-corrected chi connectivity index (χ1v) is 13.1. The Morgan fingerprint density at radius 2 is 1.50 bits per heavy atom. The maximum Gasteiger partial charge on any atom is 0.481 e. The fourth-order valence-electron chi connectivity index (χ4n) is 3.53. The zero-order valence-corrected chi connectivity index (χ0v) is 19.6. The number of rotatable bonds is 9. The standard InChI is InChI=1S/C15H22N4O15P2/c20-8-5(32-14(10(8)22)19-4-18-7-12(19)16-3-17-13(7)24)1-30-35(26,27)34-36(28,29)31-2-6-9(21)11(23)15(25)33-6/h3-6,8-11,14-15,20-23,25H,1-2H2,(H,26,27)(H,28,29)(H,16,17,24)/t5-,6-,8-,9-,10-,11-,14-,15+/m1/s1. The van der Waals surface area contributed by atoms with Gasteiger partial charge in [-0.15, -0.1) is 0 Å². The Labute approximate surface area is 199 Å². The van der Waals surface area contributed by atoms with E-state index in [4.69, 9.17) is 9.47 Å². The second kappa shape index (κ2) is 10.2. The first-order valence-electron chi connectivity index (χ1n) is 10.1. The van der Waals surface area contributed by atoms with Crippen molar-refractivity contribution in [3.8, 4) is 0 Å². The number of aliphatic hydroxyl groups is 5. The maximum absolute atomic E-state index is 12.1. The van der Waals surface area contributed by atoms with Crippen LogP contribution in [0.2, 0.25) is 0 Å². The number of aromatic amines is 1. The third-order valence-electron chi connectivity index (χ3n) is 5.32. The topological polar surface area (TPSA) is 285 Å². The van der Waals surface area contributed by atoms with Crippen LogP contribution in [0.5, 0.6) is 0 Å². The molecule has 0 aromatic carbocycles. The molecule has 19 nitrogen and oxygen atoms in total. The summed E-state index contributed by atoms with van der Waals surface area (Å²) in [6.07, 6.45) is -10.5. The van der Waals surface area contributed by atoms with Crippen molar-refractivity contribution in [1.82, 2.24) is 19.5 Å². The Morgan fingerprint density at radius 3 is 2.08 bits per heavy atom. The van der Waals surface area contributed by atoms with Gasteiger partial charge < -0.3 is 49.8 Å². The lowest BCUT2D eigenvalue weighted by Crippen LogP contribution is -2.34. The first-order chi connectivity index (χ1) is 16.8. The first kappa shape index (κ1) is 27.4. The molecule has 2 aliphatic heterocycles. The van der Waals surface area contributed by atoms with E-state index in [1.807, 2.05) is 0 Å². The van der Waals surface area contributed by atoms with E-state index in [1.54, 1.807) is 0 Å². The number of aliphatic hydroxyl groups excluding tert-OH is 5.